The predicted molar refractivity (Wildman–Crippen MR) is 239 cm³/mol. The Bertz CT molecular complexity index is 3080. The molecule has 0 saturated carbocycles. The monoisotopic (exact) mass is 695 g/mol. The standard InChI is InChI=1S/C54H33N/c1-4-19-43-37(13-1)40-16-7-10-22-46(40)52-31-34(25-28-49(43)52)55(35-26-29-50-44-20-5-2-14-38(44)41-17-8-11-23-47(41)53(50)32-35)36-27-30-51-45-21-6-3-15-39(45)42-18-9-12-24-48(42)54(51)33-36/h1-33H. The number of rotatable bonds is 3. The van der Waals surface area contributed by atoms with Crippen molar-refractivity contribution in [3.8, 4) is 0 Å². The van der Waals surface area contributed by atoms with Crippen LogP contribution in [0.15, 0.2) is 200 Å². The third kappa shape index (κ3) is 4.41. The fraction of sp³-hybridized carbons (Fsp3) is 0. The molecule has 0 saturated heterocycles. The van der Waals surface area contributed by atoms with E-state index in [0.717, 1.165) is 17.1 Å². The Morgan fingerprint density at radius 2 is 0.327 bits per heavy atom. The molecule has 0 aliphatic heterocycles. The van der Waals surface area contributed by atoms with E-state index in [4.69, 9.17) is 0 Å². The summed E-state index contributed by atoms with van der Waals surface area (Å²) in [6.07, 6.45) is 0. The quantitative estimate of drug-likeness (QED) is 0.166. The summed E-state index contributed by atoms with van der Waals surface area (Å²) in [6.45, 7) is 0. The summed E-state index contributed by atoms with van der Waals surface area (Å²) >= 11 is 0. The molecule has 12 aromatic rings. The molecule has 0 aliphatic rings. The Balaban J connectivity index is 1.19. The second-order valence-corrected chi connectivity index (χ2v) is 14.8. The lowest BCUT2D eigenvalue weighted by Crippen LogP contribution is -2.10. The van der Waals surface area contributed by atoms with Gasteiger partial charge in [-0.3, -0.25) is 0 Å². The van der Waals surface area contributed by atoms with Crippen molar-refractivity contribution in [1.82, 2.24) is 0 Å². The van der Waals surface area contributed by atoms with Crippen molar-refractivity contribution >= 4 is 114 Å². The number of benzene rings is 12. The lowest BCUT2D eigenvalue weighted by Gasteiger charge is -2.27. The summed E-state index contributed by atoms with van der Waals surface area (Å²) in [7, 11) is 0. The molecule has 55 heavy (non-hydrogen) atoms. The molecule has 1 heteroatoms. The molecule has 12 rings (SSSR count). The van der Waals surface area contributed by atoms with Gasteiger partial charge in [0.05, 0.1) is 0 Å². The maximum Gasteiger partial charge on any atom is 0.0468 e. The summed E-state index contributed by atoms with van der Waals surface area (Å²) in [4.78, 5) is 2.47. The molecule has 0 radical (unpaired) electrons. The van der Waals surface area contributed by atoms with E-state index >= 15 is 0 Å². The van der Waals surface area contributed by atoms with E-state index in [0.29, 0.717) is 0 Å². The highest BCUT2D eigenvalue weighted by atomic mass is 15.1. The van der Waals surface area contributed by atoms with Crippen molar-refractivity contribution in [3.05, 3.63) is 200 Å². The average Bonchev–Trinajstić information content (AvgIpc) is 3.27. The maximum atomic E-state index is 2.47. The van der Waals surface area contributed by atoms with Crippen LogP contribution in [0.25, 0.3) is 97.0 Å². The normalized spacial score (nSPS) is 12.0. The number of hydrogen-bond acceptors (Lipinski definition) is 1. The Hall–Kier alpha value is -7.22. The fourth-order valence-electron chi connectivity index (χ4n) is 9.55. The number of hydrogen-bond donors (Lipinski definition) is 0. The van der Waals surface area contributed by atoms with Gasteiger partial charge in [-0.15, -0.1) is 0 Å². The third-order valence-corrected chi connectivity index (χ3v) is 12.0. The van der Waals surface area contributed by atoms with Gasteiger partial charge in [0, 0.05) is 17.1 Å². The van der Waals surface area contributed by atoms with Crippen LogP contribution in [0.2, 0.25) is 0 Å². The van der Waals surface area contributed by atoms with Gasteiger partial charge in [0.1, 0.15) is 0 Å². The highest BCUT2D eigenvalue weighted by Crippen LogP contribution is 2.45. The second-order valence-electron chi connectivity index (χ2n) is 14.8. The summed E-state index contributed by atoms with van der Waals surface area (Å²) in [5.41, 5.74) is 3.38. The van der Waals surface area contributed by atoms with Gasteiger partial charge in [-0.05, 0) is 133 Å². The van der Waals surface area contributed by atoms with E-state index in [2.05, 4.69) is 205 Å². The minimum Gasteiger partial charge on any atom is -0.310 e. The van der Waals surface area contributed by atoms with E-state index in [1.54, 1.807) is 0 Å². The van der Waals surface area contributed by atoms with Gasteiger partial charge >= 0.3 is 0 Å². The van der Waals surface area contributed by atoms with Crippen LogP contribution >= 0.6 is 0 Å². The van der Waals surface area contributed by atoms with Gasteiger partial charge in [0.2, 0.25) is 0 Å². The first kappa shape index (κ1) is 30.3. The van der Waals surface area contributed by atoms with Crippen molar-refractivity contribution in [1.29, 1.82) is 0 Å². The van der Waals surface area contributed by atoms with E-state index < -0.39 is 0 Å². The van der Waals surface area contributed by atoms with Crippen LogP contribution in [0.4, 0.5) is 17.1 Å². The Morgan fingerprint density at radius 1 is 0.164 bits per heavy atom. The average molecular weight is 696 g/mol. The van der Waals surface area contributed by atoms with E-state index in [1.165, 1.54) is 97.0 Å². The van der Waals surface area contributed by atoms with Crippen molar-refractivity contribution in [2.75, 3.05) is 4.90 Å². The van der Waals surface area contributed by atoms with Crippen molar-refractivity contribution < 1.29 is 0 Å². The third-order valence-electron chi connectivity index (χ3n) is 12.0. The van der Waals surface area contributed by atoms with Crippen molar-refractivity contribution in [2.45, 2.75) is 0 Å². The molecule has 0 bridgehead atoms. The van der Waals surface area contributed by atoms with Crippen LogP contribution in [0.1, 0.15) is 0 Å². The van der Waals surface area contributed by atoms with Crippen LogP contribution in [0.5, 0.6) is 0 Å². The molecule has 0 fully saturated rings. The minimum absolute atomic E-state index is 1.13. The fourth-order valence-corrected chi connectivity index (χ4v) is 9.55. The Morgan fingerprint density at radius 3 is 0.527 bits per heavy atom. The van der Waals surface area contributed by atoms with E-state index in [1.807, 2.05) is 0 Å². The highest BCUT2D eigenvalue weighted by Gasteiger charge is 2.19. The number of anilines is 3. The topological polar surface area (TPSA) is 3.24 Å². The molecule has 0 heterocycles. The molecular weight excluding hydrogens is 663 g/mol. The van der Waals surface area contributed by atoms with Gasteiger partial charge < -0.3 is 4.90 Å². The molecular formula is C54H33N. The molecule has 0 aromatic heterocycles. The largest absolute Gasteiger partial charge is 0.310 e. The Kier molecular flexibility index (Phi) is 6.40. The minimum atomic E-state index is 1.13. The van der Waals surface area contributed by atoms with Gasteiger partial charge in [-0.25, -0.2) is 0 Å². The van der Waals surface area contributed by atoms with Gasteiger partial charge in [0.15, 0.2) is 0 Å². The summed E-state index contributed by atoms with van der Waals surface area (Å²) in [6, 6.07) is 74.2. The second kappa shape index (κ2) is 11.6. The lowest BCUT2D eigenvalue weighted by molar-refractivity contribution is 1.30. The van der Waals surface area contributed by atoms with Crippen LogP contribution in [-0.2, 0) is 0 Å². The maximum absolute atomic E-state index is 2.47. The van der Waals surface area contributed by atoms with Gasteiger partial charge in [0.25, 0.3) is 0 Å². The molecule has 0 atom stereocenters. The number of nitrogens with zero attached hydrogens (tertiary/aromatic N) is 1. The SMILES string of the molecule is c1ccc2c(c1)c1ccccc1c1cc(N(c3ccc4c5ccccc5c5ccccc5c4c3)c3ccc4c5ccccc5c5ccccc5c4c3)ccc21. The summed E-state index contributed by atoms with van der Waals surface area (Å²) in [5, 5.41) is 22.9. The molecule has 0 amide bonds. The van der Waals surface area contributed by atoms with Crippen LogP contribution in [0.3, 0.4) is 0 Å². The first-order valence-electron chi connectivity index (χ1n) is 19.1. The first-order valence-corrected chi connectivity index (χ1v) is 19.1. The summed E-state index contributed by atoms with van der Waals surface area (Å²) in [5.74, 6) is 0. The zero-order chi connectivity index (χ0) is 36.0. The molecule has 1 nitrogen and oxygen atoms in total. The lowest BCUT2D eigenvalue weighted by atomic mass is 9.92. The number of fused-ring (bicyclic) bond motifs is 18. The van der Waals surface area contributed by atoms with E-state index in [9.17, 15) is 0 Å². The molecule has 0 spiro atoms. The Labute approximate surface area is 317 Å². The van der Waals surface area contributed by atoms with Crippen LogP contribution in [-0.4, -0.2) is 0 Å². The molecule has 0 N–H and O–H groups in total. The predicted octanol–water partition coefficient (Wildman–Crippen LogP) is 15.5. The molecule has 0 unspecified atom stereocenters. The smallest absolute Gasteiger partial charge is 0.0468 e. The zero-order valence-electron chi connectivity index (χ0n) is 30.0. The highest BCUT2D eigenvalue weighted by molar-refractivity contribution is 6.28. The molecule has 12 aromatic carbocycles. The molecule has 0 aliphatic carbocycles. The van der Waals surface area contributed by atoms with Crippen LogP contribution in [0, 0.1) is 0 Å². The van der Waals surface area contributed by atoms with E-state index in [-0.39, 0.29) is 0 Å². The molecule has 254 valence electrons. The van der Waals surface area contributed by atoms with Gasteiger partial charge in [-0.1, -0.05) is 164 Å². The van der Waals surface area contributed by atoms with Crippen molar-refractivity contribution in [3.63, 3.8) is 0 Å². The first-order chi connectivity index (χ1) is 27.3. The van der Waals surface area contributed by atoms with Crippen LogP contribution < -0.4 is 4.90 Å². The zero-order valence-corrected chi connectivity index (χ0v) is 30.0. The van der Waals surface area contributed by atoms with Crippen molar-refractivity contribution in [2.24, 2.45) is 0 Å². The van der Waals surface area contributed by atoms with Gasteiger partial charge in [-0.2, -0.15) is 0 Å². The summed E-state index contributed by atoms with van der Waals surface area (Å²) < 4.78 is 0.